The number of anilines is 1. The molecule has 2 rings (SSSR count). The molecule has 7 heteroatoms. The van der Waals surface area contributed by atoms with Gasteiger partial charge in [-0.2, -0.15) is 5.26 Å². The zero-order chi connectivity index (χ0) is 20.6. The molecule has 1 heterocycles. The summed E-state index contributed by atoms with van der Waals surface area (Å²) in [4.78, 5) is 6.87. The van der Waals surface area contributed by atoms with Crippen LogP contribution < -0.4 is 26.0 Å². The van der Waals surface area contributed by atoms with Crippen molar-refractivity contribution in [2.45, 2.75) is 51.4 Å². The van der Waals surface area contributed by atoms with Crippen LogP contribution in [0.1, 0.15) is 51.4 Å². The number of hydrogen-bond donors (Lipinski definition) is 3. The largest absolute Gasteiger partial charge is 0.493 e. The van der Waals surface area contributed by atoms with Crippen LogP contribution in [-0.4, -0.2) is 45.3 Å². The van der Waals surface area contributed by atoms with E-state index in [1.54, 1.807) is 0 Å². The Kier molecular flexibility index (Phi) is 11.4. The fraction of sp³-hybridized carbons (Fsp3) is 0.636. The van der Waals surface area contributed by atoms with Gasteiger partial charge >= 0.3 is 0 Å². The van der Waals surface area contributed by atoms with E-state index in [1.807, 2.05) is 12.3 Å². The molecule has 0 radical (unpaired) electrons. The van der Waals surface area contributed by atoms with Gasteiger partial charge in [-0.25, -0.2) is 0 Å². The Morgan fingerprint density at radius 1 is 1.14 bits per heavy atom. The first-order chi connectivity index (χ1) is 14.3. The van der Waals surface area contributed by atoms with Gasteiger partial charge in [0.2, 0.25) is 5.96 Å². The van der Waals surface area contributed by atoms with Crippen molar-refractivity contribution in [3.63, 3.8) is 0 Å². The maximum Gasteiger partial charge on any atom is 0.204 e. The summed E-state index contributed by atoms with van der Waals surface area (Å²) in [6.07, 6.45) is 11.0. The summed E-state index contributed by atoms with van der Waals surface area (Å²) < 4.78 is 5.90. The van der Waals surface area contributed by atoms with Crippen LogP contribution in [0.3, 0.4) is 0 Å². The van der Waals surface area contributed by atoms with E-state index in [-0.39, 0.29) is 0 Å². The zero-order valence-corrected chi connectivity index (χ0v) is 17.5. The van der Waals surface area contributed by atoms with Crippen molar-refractivity contribution in [2.75, 3.05) is 44.2 Å². The minimum Gasteiger partial charge on any atom is -0.493 e. The number of nitrogens with two attached hydrogens (primary N) is 1. The lowest BCUT2D eigenvalue weighted by atomic mass is 10.1. The van der Waals surface area contributed by atoms with Crippen LogP contribution in [0, 0.1) is 11.5 Å². The molecule has 1 aromatic carbocycles. The topological polar surface area (TPSA) is 98.7 Å². The third-order valence-electron chi connectivity index (χ3n) is 4.98. The molecule has 1 aliphatic heterocycles. The van der Waals surface area contributed by atoms with Crippen molar-refractivity contribution in [1.82, 2.24) is 10.6 Å². The number of unbranched alkanes of at least 4 members (excludes halogenated alkanes) is 3. The third-order valence-corrected chi connectivity index (χ3v) is 4.98. The highest BCUT2D eigenvalue weighted by Crippen LogP contribution is 2.24. The number of aliphatic imine (C=N–C) groups is 1. The molecule has 0 aromatic heterocycles. The molecule has 1 saturated heterocycles. The van der Waals surface area contributed by atoms with Gasteiger partial charge in [0.15, 0.2) is 6.19 Å². The summed E-state index contributed by atoms with van der Waals surface area (Å²) in [6.45, 7) is 5.03. The highest BCUT2D eigenvalue weighted by atomic mass is 16.5. The number of ether oxygens (including phenoxy) is 1. The van der Waals surface area contributed by atoms with Gasteiger partial charge in [-0.15, -0.1) is 0 Å². The van der Waals surface area contributed by atoms with Crippen molar-refractivity contribution in [3.05, 3.63) is 24.3 Å². The summed E-state index contributed by atoms with van der Waals surface area (Å²) in [6, 6.07) is 8.35. The predicted molar refractivity (Wildman–Crippen MR) is 119 cm³/mol. The van der Waals surface area contributed by atoms with Gasteiger partial charge in [0, 0.05) is 44.4 Å². The Bertz CT molecular complexity index is 636. The van der Waals surface area contributed by atoms with Crippen LogP contribution in [0.5, 0.6) is 5.75 Å². The second-order valence-corrected chi connectivity index (χ2v) is 7.34. The molecule has 0 amide bonds. The molecular formula is C22H36N6O. The maximum absolute atomic E-state index is 8.87. The lowest BCUT2D eigenvalue weighted by Gasteiger charge is -2.29. The Balaban J connectivity index is 1.66. The highest BCUT2D eigenvalue weighted by molar-refractivity contribution is 5.81. The molecule has 29 heavy (non-hydrogen) atoms. The summed E-state index contributed by atoms with van der Waals surface area (Å²) in [5.41, 5.74) is 6.74. The van der Waals surface area contributed by atoms with Crippen molar-refractivity contribution in [1.29, 1.82) is 5.26 Å². The Morgan fingerprint density at radius 3 is 2.76 bits per heavy atom. The van der Waals surface area contributed by atoms with E-state index in [9.17, 15) is 0 Å². The van der Waals surface area contributed by atoms with Crippen LogP contribution in [0.4, 0.5) is 5.69 Å². The molecular weight excluding hydrogens is 364 g/mol. The summed E-state index contributed by atoms with van der Waals surface area (Å²) in [5, 5.41) is 14.7. The van der Waals surface area contributed by atoms with Crippen LogP contribution in [0.2, 0.25) is 0 Å². The molecule has 1 aliphatic rings. The summed E-state index contributed by atoms with van der Waals surface area (Å²) in [5.74, 6) is 1.45. The molecule has 7 nitrogen and oxygen atoms in total. The zero-order valence-electron chi connectivity index (χ0n) is 17.5. The number of piperidine rings is 1. The van der Waals surface area contributed by atoms with Crippen molar-refractivity contribution in [2.24, 2.45) is 10.7 Å². The monoisotopic (exact) mass is 400 g/mol. The molecule has 0 atom stereocenters. The van der Waals surface area contributed by atoms with Crippen molar-refractivity contribution < 1.29 is 4.74 Å². The fourth-order valence-electron chi connectivity index (χ4n) is 3.39. The molecule has 1 fully saturated rings. The van der Waals surface area contributed by atoms with E-state index in [1.165, 1.54) is 24.9 Å². The number of nitriles is 1. The van der Waals surface area contributed by atoms with Crippen molar-refractivity contribution in [3.8, 4) is 11.9 Å². The van der Waals surface area contributed by atoms with E-state index in [2.05, 4.69) is 38.7 Å². The third kappa shape index (κ3) is 9.53. The standard InChI is InChI=1S/C22H36N6O/c23-12-4-1-2-5-13-25-22(27-19-24)26-14-9-17-29-21-11-8-10-20(18-21)28-15-6-3-7-16-28/h8,10-11,18H,1-7,9,12-17,23H2,(H2,25,26,27). The molecule has 0 bridgehead atoms. The molecule has 4 N–H and O–H groups in total. The van der Waals surface area contributed by atoms with Crippen LogP contribution in [-0.2, 0) is 0 Å². The number of nitrogens with one attached hydrogen (secondary N) is 2. The van der Waals surface area contributed by atoms with E-state index in [4.69, 9.17) is 15.7 Å². The molecule has 0 spiro atoms. The van der Waals surface area contributed by atoms with Crippen LogP contribution >= 0.6 is 0 Å². The van der Waals surface area contributed by atoms with Gasteiger partial charge in [0.05, 0.1) is 6.61 Å². The van der Waals surface area contributed by atoms with E-state index in [0.717, 1.165) is 64.0 Å². The Labute approximate surface area is 175 Å². The average Bonchev–Trinajstić information content (AvgIpc) is 2.76. The van der Waals surface area contributed by atoms with Gasteiger partial charge < -0.3 is 20.7 Å². The SMILES string of the molecule is N#CNC(=NCCCOc1cccc(N2CCCCC2)c1)NCCCCCCN. The molecule has 0 unspecified atom stereocenters. The first-order valence-corrected chi connectivity index (χ1v) is 10.9. The van der Waals surface area contributed by atoms with Gasteiger partial charge in [-0.1, -0.05) is 18.9 Å². The van der Waals surface area contributed by atoms with E-state index in [0.29, 0.717) is 19.1 Å². The second-order valence-electron chi connectivity index (χ2n) is 7.34. The quantitative estimate of drug-likeness (QED) is 0.164. The van der Waals surface area contributed by atoms with Crippen LogP contribution in [0.15, 0.2) is 29.3 Å². The summed E-state index contributed by atoms with van der Waals surface area (Å²) in [7, 11) is 0. The normalized spacial score (nSPS) is 14.3. The predicted octanol–water partition coefficient (Wildman–Crippen LogP) is 2.98. The highest BCUT2D eigenvalue weighted by Gasteiger charge is 2.11. The number of guanidine groups is 1. The van der Waals surface area contributed by atoms with Gasteiger partial charge in [0.25, 0.3) is 0 Å². The number of hydrogen-bond acceptors (Lipinski definition) is 5. The number of nitrogens with zero attached hydrogens (tertiary/aromatic N) is 3. The molecule has 0 aliphatic carbocycles. The van der Waals surface area contributed by atoms with E-state index >= 15 is 0 Å². The maximum atomic E-state index is 8.87. The van der Waals surface area contributed by atoms with Crippen LogP contribution in [0.25, 0.3) is 0 Å². The Hall–Kier alpha value is -2.46. The average molecular weight is 401 g/mol. The van der Waals surface area contributed by atoms with Gasteiger partial charge in [0.1, 0.15) is 5.75 Å². The first kappa shape index (κ1) is 22.8. The first-order valence-electron chi connectivity index (χ1n) is 10.9. The second kappa shape index (κ2) is 14.5. The molecule has 160 valence electrons. The smallest absolute Gasteiger partial charge is 0.204 e. The minimum absolute atomic E-state index is 0.540. The molecule has 1 aromatic rings. The lowest BCUT2D eigenvalue weighted by Crippen LogP contribution is -2.35. The lowest BCUT2D eigenvalue weighted by molar-refractivity contribution is 0.313. The fourth-order valence-corrected chi connectivity index (χ4v) is 3.39. The minimum atomic E-state index is 0.540. The van der Waals surface area contributed by atoms with E-state index < -0.39 is 0 Å². The van der Waals surface area contributed by atoms with Gasteiger partial charge in [-0.3, -0.25) is 10.3 Å². The number of benzene rings is 1. The van der Waals surface area contributed by atoms with Crippen molar-refractivity contribution >= 4 is 11.6 Å². The van der Waals surface area contributed by atoms with Gasteiger partial charge in [-0.05, 0) is 50.8 Å². The molecule has 0 saturated carbocycles. The Morgan fingerprint density at radius 2 is 1.97 bits per heavy atom. The summed E-state index contributed by atoms with van der Waals surface area (Å²) >= 11 is 0. The number of rotatable bonds is 12.